The molecule has 0 unspecified atom stereocenters. The highest BCUT2D eigenvalue weighted by Crippen LogP contribution is 2.17. The summed E-state index contributed by atoms with van der Waals surface area (Å²) >= 11 is 3.43. The Labute approximate surface area is 125 Å². The van der Waals surface area contributed by atoms with Crippen molar-refractivity contribution in [2.45, 2.75) is 6.54 Å². The summed E-state index contributed by atoms with van der Waals surface area (Å²) in [5.41, 5.74) is 8.60. The minimum Gasteiger partial charge on any atom is -0.399 e. The molecule has 0 aliphatic heterocycles. The van der Waals surface area contributed by atoms with Crippen LogP contribution in [0.2, 0.25) is 0 Å². The number of nitrogens with zero attached hydrogens (tertiary/aromatic N) is 3. The highest BCUT2D eigenvalue weighted by molar-refractivity contribution is 9.10. The van der Waals surface area contributed by atoms with Crippen LogP contribution in [0, 0.1) is 0 Å². The second kappa shape index (κ2) is 5.46. The van der Waals surface area contributed by atoms with E-state index < -0.39 is 0 Å². The average molecular weight is 329 g/mol. The molecule has 1 aromatic heterocycles. The maximum atomic E-state index is 5.77. The molecule has 0 spiro atoms. The van der Waals surface area contributed by atoms with Crippen molar-refractivity contribution in [2.24, 2.45) is 0 Å². The summed E-state index contributed by atoms with van der Waals surface area (Å²) in [4.78, 5) is 4.33. The molecule has 0 amide bonds. The number of nitrogen functional groups attached to an aromatic ring is 1. The predicted octanol–water partition coefficient (Wildman–Crippen LogP) is 3.34. The first-order valence-electron chi connectivity index (χ1n) is 6.20. The number of benzene rings is 2. The molecule has 2 aromatic carbocycles. The van der Waals surface area contributed by atoms with E-state index in [2.05, 4.69) is 38.1 Å². The number of hydrogen-bond acceptors (Lipinski definition) is 3. The second-order valence-corrected chi connectivity index (χ2v) is 5.43. The van der Waals surface area contributed by atoms with Gasteiger partial charge in [0.2, 0.25) is 0 Å². The first-order chi connectivity index (χ1) is 9.70. The molecule has 0 aliphatic carbocycles. The molecule has 4 nitrogen and oxygen atoms in total. The molecular formula is C15H13BrN4. The summed E-state index contributed by atoms with van der Waals surface area (Å²) in [6.45, 7) is 0.697. The zero-order valence-electron chi connectivity index (χ0n) is 10.7. The van der Waals surface area contributed by atoms with E-state index >= 15 is 0 Å². The SMILES string of the molecule is Nc1cccc(-c2ncn(Cc3ccc(Br)cc3)n2)c1. The van der Waals surface area contributed by atoms with Crippen LogP contribution >= 0.6 is 15.9 Å². The Morgan fingerprint density at radius 2 is 1.90 bits per heavy atom. The number of rotatable bonds is 3. The average Bonchev–Trinajstić information content (AvgIpc) is 2.90. The van der Waals surface area contributed by atoms with Gasteiger partial charge in [0.1, 0.15) is 6.33 Å². The van der Waals surface area contributed by atoms with Crippen molar-refractivity contribution in [3.05, 3.63) is 64.9 Å². The van der Waals surface area contributed by atoms with E-state index in [4.69, 9.17) is 5.73 Å². The summed E-state index contributed by atoms with van der Waals surface area (Å²) in [5.74, 6) is 0.689. The first-order valence-corrected chi connectivity index (χ1v) is 7.00. The van der Waals surface area contributed by atoms with Crippen molar-refractivity contribution in [3.63, 3.8) is 0 Å². The van der Waals surface area contributed by atoms with Gasteiger partial charge in [0.05, 0.1) is 6.54 Å². The molecule has 3 aromatic rings. The van der Waals surface area contributed by atoms with Gasteiger partial charge >= 0.3 is 0 Å². The normalized spacial score (nSPS) is 10.7. The van der Waals surface area contributed by atoms with Crippen LogP contribution in [0.3, 0.4) is 0 Å². The van der Waals surface area contributed by atoms with E-state index in [9.17, 15) is 0 Å². The zero-order valence-corrected chi connectivity index (χ0v) is 12.3. The van der Waals surface area contributed by atoms with Crippen LogP contribution in [0.15, 0.2) is 59.3 Å². The van der Waals surface area contributed by atoms with Crippen LogP contribution in [0.25, 0.3) is 11.4 Å². The molecule has 2 N–H and O–H groups in total. The quantitative estimate of drug-likeness (QED) is 0.750. The number of halogens is 1. The Bertz CT molecular complexity index is 719. The van der Waals surface area contributed by atoms with Crippen LogP contribution in [0.1, 0.15) is 5.56 Å². The van der Waals surface area contributed by atoms with Gasteiger partial charge in [0, 0.05) is 15.7 Å². The van der Waals surface area contributed by atoms with Gasteiger partial charge in [-0.25, -0.2) is 9.67 Å². The standard InChI is InChI=1S/C15H13BrN4/c16-13-6-4-11(5-7-13)9-20-10-18-15(19-20)12-2-1-3-14(17)8-12/h1-8,10H,9,17H2. The largest absolute Gasteiger partial charge is 0.399 e. The third-order valence-electron chi connectivity index (χ3n) is 2.94. The van der Waals surface area contributed by atoms with E-state index in [1.165, 1.54) is 5.56 Å². The van der Waals surface area contributed by atoms with E-state index in [1.807, 2.05) is 41.1 Å². The monoisotopic (exact) mass is 328 g/mol. The maximum absolute atomic E-state index is 5.77. The first kappa shape index (κ1) is 12.9. The smallest absolute Gasteiger partial charge is 0.181 e. The maximum Gasteiger partial charge on any atom is 0.181 e. The third-order valence-corrected chi connectivity index (χ3v) is 3.47. The fraction of sp³-hybridized carbons (Fsp3) is 0.0667. The van der Waals surface area contributed by atoms with E-state index in [0.717, 1.165) is 10.0 Å². The lowest BCUT2D eigenvalue weighted by atomic mass is 10.2. The summed E-state index contributed by atoms with van der Waals surface area (Å²) in [6, 6.07) is 15.7. The third kappa shape index (κ3) is 2.88. The highest BCUT2D eigenvalue weighted by Gasteiger charge is 2.05. The minimum absolute atomic E-state index is 0.689. The molecule has 1 heterocycles. The lowest BCUT2D eigenvalue weighted by molar-refractivity contribution is 0.687. The fourth-order valence-electron chi connectivity index (χ4n) is 1.96. The van der Waals surface area contributed by atoms with Gasteiger partial charge in [0.25, 0.3) is 0 Å². The Morgan fingerprint density at radius 1 is 1.10 bits per heavy atom. The Kier molecular flexibility index (Phi) is 3.52. The Morgan fingerprint density at radius 3 is 2.65 bits per heavy atom. The predicted molar refractivity (Wildman–Crippen MR) is 83.1 cm³/mol. The van der Waals surface area contributed by atoms with E-state index in [0.29, 0.717) is 18.1 Å². The van der Waals surface area contributed by atoms with Crippen LogP contribution in [-0.4, -0.2) is 14.8 Å². The highest BCUT2D eigenvalue weighted by atomic mass is 79.9. The molecule has 5 heteroatoms. The lowest BCUT2D eigenvalue weighted by Gasteiger charge is -2.01. The molecule has 0 fully saturated rings. The number of aromatic nitrogens is 3. The van der Waals surface area contributed by atoms with Crippen molar-refractivity contribution in [1.82, 2.24) is 14.8 Å². The van der Waals surface area contributed by atoms with Crippen LogP contribution in [-0.2, 0) is 6.54 Å². The number of anilines is 1. The van der Waals surface area contributed by atoms with Crippen LogP contribution in [0.4, 0.5) is 5.69 Å². The molecule has 20 heavy (non-hydrogen) atoms. The van der Waals surface area contributed by atoms with Gasteiger partial charge in [-0.3, -0.25) is 0 Å². The van der Waals surface area contributed by atoms with E-state index in [1.54, 1.807) is 6.33 Å². The molecular weight excluding hydrogens is 316 g/mol. The summed E-state index contributed by atoms with van der Waals surface area (Å²) < 4.78 is 2.89. The van der Waals surface area contributed by atoms with Crippen molar-refractivity contribution >= 4 is 21.6 Å². The van der Waals surface area contributed by atoms with Gasteiger partial charge < -0.3 is 5.73 Å². The minimum atomic E-state index is 0.689. The van der Waals surface area contributed by atoms with Crippen LogP contribution in [0.5, 0.6) is 0 Å². The zero-order chi connectivity index (χ0) is 13.9. The van der Waals surface area contributed by atoms with Crippen molar-refractivity contribution in [3.8, 4) is 11.4 Å². The summed E-state index contributed by atoms with van der Waals surface area (Å²) in [7, 11) is 0. The van der Waals surface area contributed by atoms with Crippen molar-refractivity contribution in [2.75, 3.05) is 5.73 Å². The molecule has 0 saturated heterocycles. The van der Waals surface area contributed by atoms with Gasteiger partial charge in [-0.1, -0.05) is 40.2 Å². The van der Waals surface area contributed by atoms with Gasteiger partial charge in [-0.2, -0.15) is 5.10 Å². The lowest BCUT2D eigenvalue weighted by Crippen LogP contribution is -2.00. The summed E-state index contributed by atoms with van der Waals surface area (Å²) in [6.07, 6.45) is 1.74. The molecule has 0 aliphatic rings. The van der Waals surface area contributed by atoms with Gasteiger partial charge in [-0.15, -0.1) is 0 Å². The van der Waals surface area contributed by atoms with Crippen molar-refractivity contribution in [1.29, 1.82) is 0 Å². The molecule has 3 rings (SSSR count). The number of hydrogen-bond donors (Lipinski definition) is 1. The van der Waals surface area contributed by atoms with Crippen molar-refractivity contribution < 1.29 is 0 Å². The van der Waals surface area contributed by atoms with Gasteiger partial charge in [-0.05, 0) is 29.8 Å². The topological polar surface area (TPSA) is 56.7 Å². The fourth-order valence-corrected chi connectivity index (χ4v) is 2.22. The molecule has 100 valence electrons. The Balaban J connectivity index is 1.82. The molecule has 0 atom stereocenters. The number of nitrogens with two attached hydrogens (primary N) is 1. The molecule has 0 bridgehead atoms. The Hall–Kier alpha value is -2.14. The van der Waals surface area contributed by atoms with E-state index in [-0.39, 0.29) is 0 Å². The summed E-state index contributed by atoms with van der Waals surface area (Å²) in [5, 5.41) is 4.48. The molecule has 0 radical (unpaired) electrons. The second-order valence-electron chi connectivity index (χ2n) is 4.52. The van der Waals surface area contributed by atoms with Crippen LogP contribution < -0.4 is 5.73 Å². The molecule has 0 saturated carbocycles. The van der Waals surface area contributed by atoms with Gasteiger partial charge in [0.15, 0.2) is 5.82 Å².